The molecule has 0 aromatic heterocycles. The van der Waals surface area contributed by atoms with Crippen LogP contribution in [-0.2, 0) is 0 Å². The Morgan fingerprint density at radius 2 is 1.91 bits per heavy atom. The van der Waals surface area contributed by atoms with Crippen LogP contribution in [0, 0.1) is 0 Å². The first-order chi connectivity index (χ1) is 11.1. The molecule has 0 saturated carbocycles. The molecule has 0 bridgehead atoms. The van der Waals surface area contributed by atoms with Crippen LogP contribution in [0.15, 0.2) is 39.5 Å². The predicted octanol–water partition coefficient (Wildman–Crippen LogP) is 1.58. The maximum absolute atomic E-state index is 8.71. The van der Waals surface area contributed by atoms with E-state index >= 15 is 0 Å². The summed E-state index contributed by atoms with van der Waals surface area (Å²) in [5.74, 6) is -0.122. The van der Waals surface area contributed by atoms with Crippen LogP contribution in [0.1, 0.15) is 19.4 Å². The topological polar surface area (TPSA) is 105 Å². The zero-order chi connectivity index (χ0) is 17.1. The number of hydrogen-bond acceptors (Lipinski definition) is 6. The minimum Gasteiger partial charge on any atom is -0.411 e. The highest BCUT2D eigenvalue weighted by atomic mass is 32.1. The Morgan fingerprint density at radius 1 is 1.26 bits per heavy atom. The highest BCUT2D eigenvalue weighted by Crippen LogP contribution is 2.13. The van der Waals surface area contributed by atoms with Gasteiger partial charge in [-0.25, -0.2) is 0 Å². The average molecular weight is 336 g/mol. The van der Waals surface area contributed by atoms with E-state index in [-0.39, 0.29) is 10.9 Å². The van der Waals surface area contributed by atoms with Crippen LogP contribution in [0.25, 0.3) is 0 Å². The summed E-state index contributed by atoms with van der Waals surface area (Å²) in [4.78, 5) is 5.97. The smallest absolute Gasteiger partial charge is 0.215 e. The number of amidine groups is 1. The van der Waals surface area contributed by atoms with E-state index in [1.807, 2.05) is 24.3 Å². The Labute approximate surface area is 140 Å². The third kappa shape index (κ3) is 6.41. The molecule has 0 aliphatic rings. The molecule has 8 nitrogen and oxygen atoms in total. The number of thiocarbonyl (C=S) groups is 1. The van der Waals surface area contributed by atoms with Crippen molar-refractivity contribution >= 4 is 41.3 Å². The second-order valence-electron chi connectivity index (χ2n) is 4.29. The third-order valence-electron chi connectivity index (χ3n) is 2.91. The molecule has 1 rings (SSSR count). The first-order valence-electron chi connectivity index (χ1n) is 6.98. The molecule has 0 unspecified atom stereocenters. The number of nitrogens with zero attached hydrogens (tertiary/aromatic N) is 4. The zero-order valence-corrected chi connectivity index (χ0v) is 13.8. The van der Waals surface area contributed by atoms with Crippen molar-refractivity contribution in [3.05, 3.63) is 29.8 Å². The van der Waals surface area contributed by atoms with Crippen molar-refractivity contribution in [3.63, 3.8) is 0 Å². The van der Waals surface area contributed by atoms with Crippen molar-refractivity contribution in [2.24, 2.45) is 15.2 Å². The molecule has 9 heteroatoms. The van der Waals surface area contributed by atoms with Gasteiger partial charge in [0.2, 0.25) is 5.11 Å². The Morgan fingerprint density at radius 3 is 2.43 bits per heavy atom. The molecular formula is C14H20N6O2S. The summed E-state index contributed by atoms with van der Waals surface area (Å²) in [5, 5.41) is 23.7. The fourth-order valence-electron chi connectivity index (χ4n) is 1.79. The van der Waals surface area contributed by atoms with Crippen LogP contribution in [0.5, 0.6) is 0 Å². The number of oxime groups is 1. The lowest BCUT2D eigenvalue weighted by atomic mass is 10.2. The number of hydrogen-bond donors (Lipinski definition) is 4. The quantitative estimate of drug-likeness (QED) is 0.207. The highest BCUT2D eigenvalue weighted by molar-refractivity contribution is 7.80. The van der Waals surface area contributed by atoms with Crippen molar-refractivity contribution in [1.29, 1.82) is 0 Å². The van der Waals surface area contributed by atoms with Gasteiger partial charge in [-0.1, -0.05) is 17.3 Å². The van der Waals surface area contributed by atoms with Crippen LogP contribution in [-0.4, -0.2) is 46.9 Å². The highest BCUT2D eigenvalue weighted by Gasteiger charge is 2.00. The van der Waals surface area contributed by atoms with Crippen LogP contribution < -0.4 is 15.8 Å². The monoisotopic (exact) mass is 336 g/mol. The summed E-state index contributed by atoms with van der Waals surface area (Å²) in [7, 11) is 0. The van der Waals surface area contributed by atoms with Gasteiger partial charge < -0.3 is 10.1 Å². The maximum atomic E-state index is 8.71. The van der Waals surface area contributed by atoms with Gasteiger partial charge in [0.05, 0.1) is 6.21 Å². The Bertz CT molecular complexity index is 581. The van der Waals surface area contributed by atoms with Gasteiger partial charge in [0, 0.05) is 18.8 Å². The van der Waals surface area contributed by atoms with Crippen LogP contribution >= 0.6 is 12.2 Å². The minimum atomic E-state index is -0.122. The molecule has 0 heterocycles. The minimum absolute atomic E-state index is 0.00235. The van der Waals surface area contributed by atoms with Crippen molar-refractivity contribution < 1.29 is 10.4 Å². The molecule has 0 aliphatic heterocycles. The predicted molar refractivity (Wildman–Crippen MR) is 96.0 cm³/mol. The van der Waals surface area contributed by atoms with Gasteiger partial charge in [0.15, 0.2) is 5.84 Å². The first-order valence-corrected chi connectivity index (χ1v) is 7.39. The van der Waals surface area contributed by atoms with E-state index in [1.54, 1.807) is 11.7 Å². The Balaban J connectivity index is 2.63. The van der Waals surface area contributed by atoms with Crippen molar-refractivity contribution in [2.45, 2.75) is 13.8 Å². The van der Waals surface area contributed by atoms with E-state index in [0.29, 0.717) is 0 Å². The summed E-state index contributed by atoms with van der Waals surface area (Å²) >= 11 is 4.90. The average Bonchev–Trinajstić information content (AvgIpc) is 2.57. The molecule has 1 aromatic rings. The fourth-order valence-corrected chi connectivity index (χ4v) is 1.94. The van der Waals surface area contributed by atoms with E-state index in [2.05, 4.69) is 39.4 Å². The van der Waals surface area contributed by atoms with Gasteiger partial charge in [0.25, 0.3) is 0 Å². The van der Waals surface area contributed by atoms with Crippen LogP contribution in [0.2, 0.25) is 0 Å². The lowest BCUT2D eigenvalue weighted by Crippen LogP contribution is -2.24. The zero-order valence-electron chi connectivity index (χ0n) is 13.0. The summed E-state index contributed by atoms with van der Waals surface area (Å²) in [5.41, 5.74) is 6.30. The van der Waals surface area contributed by atoms with Crippen molar-refractivity contribution in [2.75, 3.05) is 18.0 Å². The Hall–Kier alpha value is -2.52. The lowest BCUT2D eigenvalue weighted by Gasteiger charge is -2.20. The standard InChI is InChI=1S/C14H20N6O2S/c1-3-20(4-2)12-7-5-11(6-8-12)9-15-18-14(23)17-13(19-22)10-16-21/h5-10,21-22H,3-4H2,1-2H3,(H2,17,18,19,23)/b15-9+,16-10+. The molecule has 124 valence electrons. The molecule has 0 saturated heterocycles. The SMILES string of the molecule is CCN(CC)c1ccc(/C=N/NC(=S)/N=C(/C=N/O)NO)cc1. The number of hydrazone groups is 1. The molecule has 0 radical (unpaired) electrons. The summed E-state index contributed by atoms with van der Waals surface area (Å²) in [6.07, 6.45) is 2.49. The van der Waals surface area contributed by atoms with E-state index < -0.39 is 0 Å². The molecule has 0 amide bonds. The molecular weight excluding hydrogens is 316 g/mol. The summed E-state index contributed by atoms with van der Waals surface area (Å²) in [6, 6.07) is 7.95. The molecule has 1 aromatic carbocycles. The third-order valence-corrected chi connectivity index (χ3v) is 3.09. The number of nitrogens with one attached hydrogen (secondary N) is 2. The second-order valence-corrected chi connectivity index (χ2v) is 4.68. The van der Waals surface area contributed by atoms with E-state index in [0.717, 1.165) is 30.6 Å². The van der Waals surface area contributed by atoms with Crippen molar-refractivity contribution in [1.82, 2.24) is 10.9 Å². The second kappa shape index (κ2) is 10.2. The molecule has 4 N–H and O–H groups in total. The summed E-state index contributed by atoms with van der Waals surface area (Å²) in [6.45, 7) is 6.13. The van der Waals surface area contributed by atoms with Crippen LogP contribution in [0.3, 0.4) is 0 Å². The number of benzene rings is 1. The van der Waals surface area contributed by atoms with Gasteiger partial charge in [-0.15, -0.1) is 0 Å². The fraction of sp³-hybridized carbons (Fsp3) is 0.286. The van der Waals surface area contributed by atoms with Crippen LogP contribution in [0.4, 0.5) is 5.69 Å². The maximum Gasteiger partial charge on any atom is 0.215 e. The molecule has 0 fully saturated rings. The normalized spacial score (nSPS) is 11.9. The lowest BCUT2D eigenvalue weighted by molar-refractivity contribution is 0.236. The van der Waals surface area contributed by atoms with Gasteiger partial charge in [0.1, 0.15) is 6.21 Å². The first kappa shape index (κ1) is 18.5. The number of hydroxylamine groups is 1. The van der Waals surface area contributed by atoms with Gasteiger partial charge in [-0.05, 0) is 43.8 Å². The van der Waals surface area contributed by atoms with E-state index in [1.165, 1.54) is 0 Å². The summed E-state index contributed by atoms with van der Waals surface area (Å²) < 4.78 is 0. The van der Waals surface area contributed by atoms with Gasteiger partial charge in [-0.2, -0.15) is 10.1 Å². The largest absolute Gasteiger partial charge is 0.411 e. The number of rotatable bonds is 6. The molecule has 0 aliphatic carbocycles. The molecule has 0 atom stereocenters. The Kier molecular flexibility index (Phi) is 8.25. The number of aliphatic imine (C=N–C) groups is 1. The van der Waals surface area contributed by atoms with Gasteiger partial charge >= 0.3 is 0 Å². The molecule has 23 heavy (non-hydrogen) atoms. The van der Waals surface area contributed by atoms with Crippen molar-refractivity contribution in [3.8, 4) is 0 Å². The van der Waals surface area contributed by atoms with E-state index in [9.17, 15) is 0 Å². The van der Waals surface area contributed by atoms with E-state index in [4.69, 9.17) is 22.6 Å². The van der Waals surface area contributed by atoms with Gasteiger partial charge in [-0.3, -0.25) is 16.1 Å². The molecule has 0 spiro atoms. The number of anilines is 1.